The molecule has 0 amide bonds. The number of dihydropyridines is 1. The molecule has 0 spiro atoms. The summed E-state index contributed by atoms with van der Waals surface area (Å²) in [7, 11) is 1.58. The first-order valence-electron chi connectivity index (χ1n) is 12.2. The molecule has 5 rings (SSSR count). The number of Topliss-reactive ketones (excluding diaryl/α,β-unsaturated/α-hetero) is 1. The first-order chi connectivity index (χ1) is 18.4. The number of methoxy groups -OCH3 is 1. The molecule has 3 aromatic rings. The maximum Gasteiger partial charge on any atom is 0.337 e. The molecule has 1 aliphatic carbocycles. The van der Waals surface area contributed by atoms with Crippen LogP contribution >= 0.6 is 11.3 Å². The van der Waals surface area contributed by atoms with Crippen LogP contribution in [0.25, 0.3) is 0 Å². The van der Waals surface area contributed by atoms with Crippen LogP contribution in [-0.4, -0.2) is 23.8 Å². The quantitative estimate of drug-likeness (QED) is 0.235. The van der Waals surface area contributed by atoms with Crippen LogP contribution in [-0.2, 0) is 20.9 Å². The Balaban J connectivity index is 1.49. The third kappa shape index (κ3) is 4.97. The molecule has 8 nitrogen and oxygen atoms in total. The molecule has 0 saturated heterocycles. The Hall–Kier alpha value is -4.24. The van der Waals surface area contributed by atoms with Gasteiger partial charge in [-0.2, -0.15) is 0 Å². The van der Waals surface area contributed by atoms with Gasteiger partial charge in [-0.1, -0.05) is 30.3 Å². The third-order valence-corrected chi connectivity index (χ3v) is 7.99. The Morgan fingerprint density at radius 3 is 2.47 bits per heavy atom. The summed E-state index contributed by atoms with van der Waals surface area (Å²) in [6.45, 7) is 1.85. The van der Waals surface area contributed by atoms with Gasteiger partial charge >= 0.3 is 5.97 Å². The lowest BCUT2D eigenvalue weighted by atomic mass is 9.72. The van der Waals surface area contributed by atoms with Gasteiger partial charge in [-0.25, -0.2) is 4.79 Å². The molecule has 0 bridgehead atoms. The van der Waals surface area contributed by atoms with Gasteiger partial charge in [-0.05, 0) is 48.1 Å². The molecule has 0 unspecified atom stereocenters. The summed E-state index contributed by atoms with van der Waals surface area (Å²) in [5.41, 5.74) is 3.60. The minimum atomic E-state index is -0.688. The molecule has 0 fully saturated rings. The second-order valence-corrected chi connectivity index (χ2v) is 10.3. The second kappa shape index (κ2) is 10.6. The van der Waals surface area contributed by atoms with Crippen molar-refractivity contribution in [1.82, 2.24) is 5.32 Å². The summed E-state index contributed by atoms with van der Waals surface area (Å²) in [5, 5.41) is 16.6. The molecule has 2 aliphatic rings. The predicted molar refractivity (Wildman–Crippen MR) is 143 cm³/mol. The average Bonchev–Trinajstić information content (AvgIpc) is 3.46. The fourth-order valence-corrected chi connectivity index (χ4v) is 5.94. The summed E-state index contributed by atoms with van der Waals surface area (Å²) in [4.78, 5) is 39.0. The van der Waals surface area contributed by atoms with Crippen molar-refractivity contribution in [2.45, 2.75) is 38.2 Å². The van der Waals surface area contributed by atoms with Crippen LogP contribution in [0.5, 0.6) is 5.75 Å². The van der Waals surface area contributed by atoms with Gasteiger partial charge in [0.05, 0.1) is 17.6 Å². The van der Waals surface area contributed by atoms with Gasteiger partial charge in [-0.15, -0.1) is 11.3 Å². The van der Waals surface area contributed by atoms with Gasteiger partial charge in [0.2, 0.25) is 0 Å². The Bertz CT molecular complexity index is 1440. The fraction of sp³-hybridized carbons (Fsp3) is 0.241. The molecule has 1 N–H and O–H groups in total. The standard InChI is InChI=1S/C29H26N2O6S/c1-17-26(29(33)37-16-18-5-11-22(36-2)12-6-18)27(19-7-9-21(10-8-19)31(34)35)28-23(30-17)14-20(15-24(28)32)25-4-3-13-38-25/h3-13,20,27,30H,14-16H2,1-2H3/t20-,27-/m1/s1. The molecule has 2 heterocycles. The number of rotatable bonds is 7. The molecular weight excluding hydrogens is 504 g/mol. The van der Waals surface area contributed by atoms with Crippen molar-refractivity contribution in [1.29, 1.82) is 0 Å². The van der Waals surface area contributed by atoms with Crippen molar-refractivity contribution in [3.05, 3.63) is 115 Å². The van der Waals surface area contributed by atoms with E-state index in [-0.39, 0.29) is 24.0 Å². The SMILES string of the molecule is COc1ccc(COC(=O)C2=C(C)NC3=C(C(=O)C[C@H](c4cccs4)C3)[C@@H]2c2ccc([N+](=O)[O-])cc2)cc1. The topological polar surface area (TPSA) is 108 Å². The van der Waals surface area contributed by atoms with E-state index in [0.29, 0.717) is 41.0 Å². The largest absolute Gasteiger partial charge is 0.497 e. The number of nitro groups is 1. The van der Waals surface area contributed by atoms with E-state index >= 15 is 0 Å². The normalized spacial score (nSPS) is 19.1. The second-order valence-electron chi connectivity index (χ2n) is 9.31. The van der Waals surface area contributed by atoms with E-state index in [1.54, 1.807) is 49.6 Å². The lowest BCUT2D eigenvalue weighted by Gasteiger charge is -2.36. The highest BCUT2D eigenvalue weighted by molar-refractivity contribution is 7.10. The van der Waals surface area contributed by atoms with Crippen molar-refractivity contribution in [2.24, 2.45) is 0 Å². The molecule has 194 valence electrons. The molecule has 2 aromatic carbocycles. The van der Waals surface area contributed by atoms with Gasteiger partial charge in [0.15, 0.2) is 5.78 Å². The van der Waals surface area contributed by atoms with E-state index in [2.05, 4.69) is 5.32 Å². The number of allylic oxidation sites excluding steroid dienone is 3. The number of non-ortho nitro benzene ring substituents is 1. The van der Waals surface area contributed by atoms with E-state index in [1.807, 2.05) is 29.6 Å². The lowest BCUT2D eigenvalue weighted by molar-refractivity contribution is -0.384. The van der Waals surface area contributed by atoms with Crippen molar-refractivity contribution in [2.75, 3.05) is 7.11 Å². The number of thiophene rings is 1. The smallest absolute Gasteiger partial charge is 0.337 e. The number of carbonyl (C=O) groups excluding carboxylic acids is 2. The van der Waals surface area contributed by atoms with E-state index in [0.717, 1.165) is 16.1 Å². The van der Waals surface area contributed by atoms with Gasteiger partial charge in [0, 0.05) is 52.2 Å². The summed E-state index contributed by atoms with van der Waals surface area (Å²) in [5.74, 6) is -0.526. The Kier molecular flexibility index (Phi) is 7.11. The summed E-state index contributed by atoms with van der Waals surface area (Å²) in [6.07, 6.45) is 0.967. The average molecular weight is 531 g/mol. The maximum absolute atomic E-state index is 13.6. The van der Waals surface area contributed by atoms with Crippen LogP contribution in [0.15, 0.2) is 88.6 Å². The summed E-state index contributed by atoms with van der Waals surface area (Å²) >= 11 is 1.62. The van der Waals surface area contributed by atoms with E-state index in [4.69, 9.17) is 9.47 Å². The number of nitrogens with zero attached hydrogens (tertiary/aromatic N) is 1. The van der Waals surface area contributed by atoms with Crippen molar-refractivity contribution >= 4 is 28.8 Å². The number of hydrogen-bond acceptors (Lipinski definition) is 8. The van der Waals surface area contributed by atoms with Crippen LogP contribution in [0.3, 0.4) is 0 Å². The Labute approximate surface area is 223 Å². The van der Waals surface area contributed by atoms with Gasteiger partial charge in [0.1, 0.15) is 12.4 Å². The number of nitrogens with one attached hydrogen (secondary N) is 1. The molecule has 1 aromatic heterocycles. The Morgan fingerprint density at radius 2 is 1.84 bits per heavy atom. The summed E-state index contributed by atoms with van der Waals surface area (Å²) in [6, 6.07) is 17.2. The van der Waals surface area contributed by atoms with Crippen LogP contribution in [0.2, 0.25) is 0 Å². The van der Waals surface area contributed by atoms with Crippen LogP contribution in [0.4, 0.5) is 5.69 Å². The van der Waals surface area contributed by atoms with Crippen molar-refractivity contribution in [3.8, 4) is 5.75 Å². The zero-order chi connectivity index (χ0) is 26.8. The lowest BCUT2D eigenvalue weighted by Crippen LogP contribution is -2.36. The van der Waals surface area contributed by atoms with E-state index in [1.165, 1.54) is 12.1 Å². The zero-order valence-electron chi connectivity index (χ0n) is 20.9. The number of benzene rings is 2. The molecule has 38 heavy (non-hydrogen) atoms. The van der Waals surface area contributed by atoms with Crippen LogP contribution in [0.1, 0.15) is 47.6 Å². The Morgan fingerprint density at radius 1 is 1.11 bits per heavy atom. The van der Waals surface area contributed by atoms with Gasteiger partial charge in [0.25, 0.3) is 5.69 Å². The number of nitro benzene ring substituents is 1. The number of esters is 1. The van der Waals surface area contributed by atoms with E-state index < -0.39 is 16.8 Å². The first-order valence-corrected chi connectivity index (χ1v) is 13.1. The number of carbonyl (C=O) groups is 2. The number of ketones is 1. The van der Waals surface area contributed by atoms with Gasteiger partial charge < -0.3 is 14.8 Å². The highest BCUT2D eigenvalue weighted by atomic mass is 32.1. The predicted octanol–water partition coefficient (Wildman–Crippen LogP) is 5.77. The summed E-state index contributed by atoms with van der Waals surface area (Å²) < 4.78 is 10.9. The zero-order valence-corrected chi connectivity index (χ0v) is 21.7. The minimum absolute atomic E-state index is 0.0477. The highest BCUT2D eigenvalue weighted by Crippen LogP contribution is 2.46. The fourth-order valence-electron chi connectivity index (χ4n) is 5.10. The van der Waals surface area contributed by atoms with Crippen LogP contribution < -0.4 is 10.1 Å². The minimum Gasteiger partial charge on any atom is -0.497 e. The molecular formula is C29H26N2O6S. The monoisotopic (exact) mass is 530 g/mol. The molecule has 0 radical (unpaired) electrons. The molecule has 2 atom stereocenters. The van der Waals surface area contributed by atoms with Crippen molar-refractivity contribution < 1.29 is 24.0 Å². The highest BCUT2D eigenvalue weighted by Gasteiger charge is 2.41. The van der Waals surface area contributed by atoms with Crippen molar-refractivity contribution in [3.63, 3.8) is 0 Å². The third-order valence-electron chi connectivity index (χ3n) is 6.96. The van der Waals surface area contributed by atoms with Crippen LogP contribution in [0, 0.1) is 10.1 Å². The number of ether oxygens (including phenoxy) is 2. The number of hydrogen-bond donors (Lipinski definition) is 1. The first kappa shape index (κ1) is 25.4. The maximum atomic E-state index is 13.6. The molecule has 9 heteroatoms. The molecule has 1 aliphatic heterocycles. The van der Waals surface area contributed by atoms with E-state index in [9.17, 15) is 19.7 Å². The van der Waals surface area contributed by atoms with Gasteiger partial charge in [-0.3, -0.25) is 14.9 Å². The molecule has 0 saturated carbocycles.